The molecule has 20 heavy (non-hydrogen) atoms. The highest BCUT2D eigenvalue weighted by atomic mass is 35.5. The van der Waals surface area contributed by atoms with E-state index >= 15 is 0 Å². The number of alkyl halides is 1. The molecule has 2 atom stereocenters. The zero-order valence-corrected chi connectivity index (χ0v) is 14.6. The minimum Gasteiger partial charge on any atom is -0.269 e. The lowest BCUT2D eigenvalue weighted by Crippen LogP contribution is -2.14. The average molecular weight is 299 g/mol. The summed E-state index contributed by atoms with van der Waals surface area (Å²) in [6, 6.07) is 0. The van der Waals surface area contributed by atoms with Gasteiger partial charge in [0, 0.05) is 17.8 Å². The third-order valence-corrected chi connectivity index (χ3v) is 4.43. The summed E-state index contributed by atoms with van der Waals surface area (Å²) in [7, 11) is 0. The van der Waals surface area contributed by atoms with Crippen LogP contribution in [0.1, 0.15) is 82.6 Å². The molecule has 116 valence electrons. The molecule has 0 aliphatic heterocycles. The quantitative estimate of drug-likeness (QED) is 0.549. The van der Waals surface area contributed by atoms with Crippen molar-refractivity contribution in [3.8, 4) is 0 Å². The normalized spacial score (nSPS) is 14.5. The van der Waals surface area contributed by atoms with Crippen molar-refractivity contribution in [3.63, 3.8) is 0 Å². The van der Waals surface area contributed by atoms with E-state index in [0.717, 1.165) is 25.3 Å². The van der Waals surface area contributed by atoms with E-state index in [0.29, 0.717) is 0 Å². The zero-order valence-electron chi connectivity index (χ0n) is 13.9. The molecule has 0 aliphatic carbocycles. The molecule has 0 saturated heterocycles. The lowest BCUT2D eigenvalue weighted by atomic mass is 9.99. The minimum absolute atomic E-state index is 0.0596. The van der Waals surface area contributed by atoms with E-state index in [1.165, 1.54) is 42.6 Å². The lowest BCUT2D eigenvalue weighted by Gasteiger charge is -2.16. The SMILES string of the molecule is CCCCC(CC)Cn1nc(CC)c(C(C)Cl)c1CC. The highest BCUT2D eigenvalue weighted by Crippen LogP contribution is 2.29. The van der Waals surface area contributed by atoms with E-state index in [4.69, 9.17) is 16.7 Å². The fourth-order valence-corrected chi connectivity index (χ4v) is 3.22. The summed E-state index contributed by atoms with van der Waals surface area (Å²) in [4.78, 5) is 0. The fourth-order valence-electron chi connectivity index (χ4n) is 2.97. The molecule has 0 spiro atoms. The molecule has 1 rings (SSSR count). The Balaban J connectivity index is 2.99. The van der Waals surface area contributed by atoms with Crippen molar-refractivity contribution in [3.05, 3.63) is 17.0 Å². The third kappa shape index (κ3) is 4.25. The van der Waals surface area contributed by atoms with Crippen LogP contribution in [0.3, 0.4) is 0 Å². The van der Waals surface area contributed by atoms with E-state index in [1.54, 1.807) is 0 Å². The van der Waals surface area contributed by atoms with Crippen LogP contribution in [0.15, 0.2) is 0 Å². The second-order valence-electron chi connectivity index (χ2n) is 5.73. The Bertz CT molecular complexity index is 396. The van der Waals surface area contributed by atoms with Crippen LogP contribution in [-0.2, 0) is 19.4 Å². The molecule has 0 N–H and O–H groups in total. The highest BCUT2D eigenvalue weighted by Gasteiger charge is 2.20. The number of unbranched alkanes of at least 4 members (excludes halogenated alkanes) is 1. The van der Waals surface area contributed by atoms with Crippen molar-refractivity contribution < 1.29 is 0 Å². The van der Waals surface area contributed by atoms with E-state index in [1.807, 2.05) is 0 Å². The van der Waals surface area contributed by atoms with E-state index in [-0.39, 0.29) is 5.38 Å². The van der Waals surface area contributed by atoms with Crippen molar-refractivity contribution in [2.24, 2.45) is 5.92 Å². The molecule has 3 heteroatoms. The molecule has 0 aromatic carbocycles. The van der Waals surface area contributed by atoms with Crippen LogP contribution in [0.2, 0.25) is 0 Å². The number of aryl methyl sites for hydroxylation is 1. The Morgan fingerprint density at radius 2 is 1.85 bits per heavy atom. The van der Waals surface area contributed by atoms with E-state index < -0.39 is 0 Å². The Morgan fingerprint density at radius 3 is 2.30 bits per heavy atom. The number of aromatic nitrogens is 2. The largest absolute Gasteiger partial charge is 0.269 e. The Hall–Kier alpha value is -0.500. The van der Waals surface area contributed by atoms with Crippen LogP contribution in [0, 0.1) is 5.92 Å². The lowest BCUT2D eigenvalue weighted by molar-refractivity contribution is 0.365. The molecule has 1 aromatic rings. The van der Waals surface area contributed by atoms with Crippen LogP contribution in [0.25, 0.3) is 0 Å². The average Bonchev–Trinajstić information content (AvgIpc) is 2.80. The van der Waals surface area contributed by atoms with Gasteiger partial charge in [-0.1, -0.05) is 47.0 Å². The van der Waals surface area contributed by atoms with Crippen molar-refractivity contribution >= 4 is 11.6 Å². The first-order valence-corrected chi connectivity index (χ1v) is 8.74. The summed E-state index contributed by atoms with van der Waals surface area (Å²) in [5, 5.41) is 4.91. The molecule has 2 nitrogen and oxygen atoms in total. The molecule has 0 amide bonds. The summed E-state index contributed by atoms with van der Waals surface area (Å²) in [6.45, 7) is 12.1. The van der Waals surface area contributed by atoms with Gasteiger partial charge in [0.2, 0.25) is 0 Å². The zero-order chi connectivity index (χ0) is 15.1. The van der Waals surface area contributed by atoms with Crippen LogP contribution in [0.5, 0.6) is 0 Å². The number of nitrogens with zero attached hydrogens (tertiary/aromatic N) is 2. The van der Waals surface area contributed by atoms with Gasteiger partial charge in [0.25, 0.3) is 0 Å². The monoisotopic (exact) mass is 298 g/mol. The van der Waals surface area contributed by atoms with Crippen LogP contribution >= 0.6 is 11.6 Å². The van der Waals surface area contributed by atoms with Gasteiger partial charge in [0.05, 0.1) is 11.1 Å². The molecule has 0 aliphatic rings. The Morgan fingerprint density at radius 1 is 1.15 bits per heavy atom. The summed E-state index contributed by atoms with van der Waals surface area (Å²) in [6.07, 6.45) is 7.13. The van der Waals surface area contributed by atoms with Crippen molar-refractivity contribution in [2.75, 3.05) is 0 Å². The summed E-state index contributed by atoms with van der Waals surface area (Å²) < 4.78 is 2.25. The van der Waals surface area contributed by atoms with Crippen molar-refractivity contribution in [1.29, 1.82) is 0 Å². The minimum atomic E-state index is 0.0596. The maximum atomic E-state index is 6.39. The molecule has 0 saturated carbocycles. The van der Waals surface area contributed by atoms with Crippen LogP contribution in [0.4, 0.5) is 0 Å². The van der Waals surface area contributed by atoms with E-state index in [2.05, 4.69) is 39.3 Å². The van der Waals surface area contributed by atoms with Gasteiger partial charge in [-0.15, -0.1) is 11.6 Å². The van der Waals surface area contributed by atoms with Crippen molar-refractivity contribution in [2.45, 2.75) is 85.1 Å². The van der Waals surface area contributed by atoms with E-state index in [9.17, 15) is 0 Å². The molecular weight excluding hydrogens is 268 g/mol. The number of rotatable bonds is 9. The third-order valence-electron chi connectivity index (χ3n) is 4.22. The van der Waals surface area contributed by atoms with Gasteiger partial charge in [0.15, 0.2) is 0 Å². The predicted molar refractivity (Wildman–Crippen MR) is 88.6 cm³/mol. The first kappa shape index (κ1) is 17.6. The maximum Gasteiger partial charge on any atom is 0.0671 e. The van der Waals surface area contributed by atoms with Crippen molar-refractivity contribution in [1.82, 2.24) is 9.78 Å². The summed E-state index contributed by atoms with van der Waals surface area (Å²) in [5.41, 5.74) is 3.82. The number of hydrogen-bond acceptors (Lipinski definition) is 1. The van der Waals surface area contributed by atoms with Gasteiger partial charge in [-0.05, 0) is 32.1 Å². The second-order valence-corrected chi connectivity index (χ2v) is 6.38. The summed E-state index contributed by atoms with van der Waals surface area (Å²) in [5.74, 6) is 0.739. The van der Waals surface area contributed by atoms with Crippen LogP contribution in [-0.4, -0.2) is 9.78 Å². The molecule has 1 aromatic heterocycles. The smallest absolute Gasteiger partial charge is 0.0671 e. The maximum absolute atomic E-state index is 6.39. The molecular formula is C17H31ClN2. The van der Waals surface area contributed by atoms with Gasteiger partial charge in [-0.2, -0.15) is 5.10 Å². The number of halogens is 1. The van der Waals surface area contributed by atoms with Gasteiger partial charge < -0.3 is 0 Å². The predicted octanol–water partition coefficient (Wildman–Crippen LogP) is 5.52. The molecule has 1 heterocycles. The highest BCUT2D eigenvalue weighted by molar-refractivity contribution is 6.20. The second kappa shape index (κ2) is 8.71. The Labute approximate surface area is 129 Å². The molecule has 0 fully saturated rings. The standard InChI is InChI=1S/C17H31ClN2/c1-6-10-11-14(7-2)12-20-16(9-4)17(13(5)18)15(8-3)19-20/h13-14H,6-12H2,1-5H3. The molecule has 0 bridgehead atoms. The van der Waals surface area contributed by atoms with Gasteiger partial charge in [0.1, 0.15) is 0 Å². The number of hydrogen-bond donors (Lipinski definition) is 0. The molecule has 2 unspecified atom stereocenters. The van der Waals surface area contributed by atoms with Gasteiger partial charge >= 0.3 is 0 Å². The summed E-state index contributed by atoms with van der Waals surface area (Å²) >= 11 is 6.39. The Kier molecular flexibility index (Phi) is 7.65. The molecule has 0 radical (unpaired) electrons. The first-order valence-electron chi connectivity index (χ1n) is 8.31. The van der Waals surface area contributed by atoms with Gasteiger partial charge in [-0.3, -0.25) is 4.68 Å². The van der Waals surface area contributed by atoms with Gasteiger partial charge in [-0.25, -0.2) is 0 Å². The topological polar surface area (TPSA) is 17.8 Å². The fraction of sp³-hybridized carbons (Fsp3) is 0.824. The van der Waals surface area contributed by atoms with Crippen LogP contribution < -0.4 is 0 Å². The first-order chi connectivity index (χ1) is 9.58.